The highest BCUT2D eigenvalue weighted by Crippen LogP contribution is 2.22. The number of rotatable bonds is 7. The van der Waals surface area contributed by atoms with Gasteiger partial charge in [-0.15, -0.1) is 0 Å². The Morgan fingerprint density at radius 1 is 1.11 bits per heavy atom. The van der Waals surface area contributed by atoms with Gasteiger partial charge < -0.3 is 15.5 Å². The van der Waals surface area contributed by atoms with Gasteiger partial charge >= 0.3 is 0 Å². The van der Waals surface area contributed by atoms with Crippen LogP contribution in [0.2, 0.25) is 0 Å². The van der Waals surface area contributed by atoms with E-state index >= 15 is 0 Å². The van der Waals surface area contributed by atoms with Crippen LogP contribution in [-0.4, -0.2) is 30.5 Å². The van der Waals surface area contributed by atoms with Gasteiger partial charge in [0.2, 0.25) is 0 Å². The van der Waals surface area contributed by atoms with E-state index in [0.717, 1.165) is 37.6 Å². The van der Waals surface area contributed by atoms with Crippen LogP contribution in [0, 0.1) is 5.92 Å². The monoisotopic (exact) mass is 366 g/mol. The third-order valence-electron chi connectivity index (χ3n) is 4.90. The minimum absolute atomic E-state index is 0.116. The Kier molecular flexibility index (Phi) is 6.69. The summed E-state index contributed by atoms with van der Waals surface area (Å²) in [7, 11) is 0. The summed E-state index contributed by atoms with van der Waals surface area (Å²) < 4.78 is 0. The van der Waals surface area contributed by atoms with Crippen LogP contribution >= 0.6 is 0 Å². The first-order chi connectivity index (χ1) is 13.1. The predicted molar refractivity (Wildman–Crippen MR) is 113 cm³/mol. The maximum absolute atomic E-state index is 12.6. The highest BCUT2D eigenvalue weighted by molar-refractivity contribution is 6.04. The van der Waals surface area contributed by atoms with E-state index in [2.05, 4.69) is 46.5 Å². The first-order valence-electron chi connectivity index (χ1n) is 9.98. The molecular weight excluding hydrogens is 336 g/mol. The molecule has 0 atom stereocenters. The Morgan fingerprint density at radius 3 is 2.56 bits per heavy atom. The van der Waals surface area contributed by atoms with E-state index in [1.54, 1.807) is 18.3 Å². The Morgan fingerprint density at radius 2 is 1.85 bits per heavy atom. The molecule has 1 aliphatic rings. The molecular formula is C22H30N4O. The number of carbonyl (C=O) groups excluding carboxylic acids is 1. The molecule has 2 N–H and O–H groups in total. The topological polar surface area (TPSA) is 57.3 Å². The predicted octanol–water partition coefficient (Wildman–Crippen LogP) is 4.78. The van der Waals surface area contributed by atoms with E-state index in [0.29, 0.717) is 11.5 Å². The SMILES string of the molecule is CC(C)CCNc1cc(C(=O)Nc2ccc(N3CCCCC3)cc2)ccn1. The number of nitrogens with one attached hydrogen (secondary N) is 2. The molecule has 0 aliphatic carbocycles. The summed E-state index contributed by atoms with van der Waals surface area (Å²) in [6, 6.07) is 11.7. The summed E-state index contributed by atoms with van der Waals surface area (Å²) >= 11 is 0. The van der Waals surface area contributed by atoms with Crippen molar-refractivity contribution in [3.63, 3.8) is 0 Å². The van der Waals surface area contributed by atoms with Crippen LogP contribution in [0.5, 0.6) is 0 Å². The van der Waals surface area contributed by atoms with E-state index in [1.807, 2.05) is 12.1 Å². The molecule has 2 heterocycles. The zero-order valence-corrected chi connectivity index (χ0v) is 16.4. The molecule has 1 aromatic heterocycles. The molecule has 2 aromatic rings. The number of aromatic nitrogens is 1. The molecule has 27 heavy (non-hydrogen) atoms. The lowest BCUT2D eigenvalue weighted by molar-refractivity contribution is 0.102. The molecule has 1 amide bonds. The Bertz CT molecular complexity index is 736. The number of hydrogen-bond acceptors (Lipinski definition) is 4. The van der Waals surface area contributed by atoms with Crippen molar-refractivity contribution >= 4 is 23.1 Å². The van der Waals surface area contributed by atoms with Crippen molar-refractivity contribution in [2.24, 2.45) is 5.92 Å². The minimum Gasteiger partial charge on any atom is -0.372 e. The van der Waals surface area contributed by atoms with Gasteiger partial charge in [-0.2, -0.15) is 0 Å². The van der Waals surface area contributed by atoms with Crippen LogP contribution < -0.4 is 15.5 Å². The zero-order chi connectivity index (χ0) is 19.1. The first kappa shape index (κ1) is 19.2. The molecule has 5 heteroatoms. The van der Waals surface area contributed by atoms with Gasteiger partial charge in [0.15, 0.2) is 0 Å². The number of carbonyl (C=O) groups is 1. The van der Waals surface area contributed by atoms with Crippen LogP contribution in [0.1, 0.15) is 49.9 Å². The molecule has 1 fully saturated rings. The van der Waals surface area contributed by atoms with Crippen molar-refractivity contribution in [3.05, 3.63) is 48.2 Å². The number of pyridine rings is 1. The van der Waals surface area contributed by atoms with Gasteiger partial charge in [0.25, 0.3) is 5.91 Å². The average Bonchev–Trinajstić information content (AvgIpc) is 2.69. The van der Waals surface area contributed by atoms with Crippen molar-refractivity contribution in [3.8, 4) is 0 Å². The van der Waals surface area contributed by atoms with Gasteiger partial charge in [-0.1, -0.05) is 13.8 Å². The van der Waals surface area contributed by atoms with Crippen LogP contribution in [0.3, 0.4) is 0 Å². The average molecular weight is 367 g/mol. The Balaban J connectivity index is 1.58. The van der Waals surface area contributed by atoms with E-state index in [-0.39, 0.29) is 5.91 Å². The van der Waals surface area contributed by atoms with Gasteiger partial charge in [0.05, 0.1) is 0 Å². The van der Waals surface area contributed by atoms with Crippen LogP contribution in [0.25, 0.3) is 0 Å². The molecule has 0 spiro atoms. The molecule has 0 radical (unpaired) electrons. The summed E-state index contributed by atoms with van der Waals surface area (Å²) in [6.45, 7) is 7.48. The second-order valence-electron chi connectivity index (χ2n) is 7.59. The minimum atomic E-state index is -0.116. The largest absolute Gasteiger partial charge is 0.372 e. The molecule has 144 valence electrons. The number of nitrogens with zero attached hydrogens (tertiary/aromatic N) is 2. The molecule has 3 rings (SSSR count). The Labute approximate surface area is 162 Å². The highest BCUT2D eigenvalue weighted by atomic mass is 16.1. The van der Waals surface area contributed by atoms with Crippen molar-refractivity contribution < 1.29 is 4.79 Å². The normalized spacial score (nSPS) is 14.3. The van der Waals surface area contributed by atoms with Crippen LogP contribution in [0.4, 0.5) is 17.2 Å². The maximum atomic E-state index is 12.6. The first-order valence-corrected chi connectivity index (χ1v) is 9.98. The number of hydrogen-bond donors (Lipinski definition) is 2. The van der Waals surface area contributed by atoms with Gasteiger partial charge in [-0.05, 0) is 68.0 Å². The lowest BCUT2D eigenvalue weighted by Gasteiger charge is -2.28. The lowest BCUT2D eigenvalue weighted by Crippen LogP contribution is -2.29. The van der Waals surface area contributed by atoms with Gasteiger partial charge in [0.1, 0.15) is 5.82 Å². The summed E-state index contributed by atoms with van der Waals surface area (Å²) in [5.41, 5.74) is 2.65. The molecule has 0 bridgehead atoms. The van der Waals surface area contributed by atoms with E-state index in [9.17, 15) is 4.79 Å². The van der Waals surface area contributed by atoms with Crippen LogP contribution in [0.15, 0.2) is 42.6 Å². The van der Waals surface area contributed by atoms with E-state index in [4.69, 9.17) is 0 Å². The van der Waals surface area contributed by atoms with Crippen molar-refractivity contribution in [1.29, 1.82) is 0 Å². The molecule has 0 unspecified atom stereocenters. The van der Waals surface area contributed by atoms with Crippen molar-refractivity contribution in [1.82, 2.24) is 4.98 Å². The standard InChI is InChI=1S/C22H30N4O/c1-17(2)10-12-23-21-16-18(11-13-24-21)22(27)25-19-6-8-20(9-7-19)26-14-4-3-5-15-26/h6-9,11,13,16-17H,3-5,10,12,14-15H2,1-2H3,(H,23,24)(H,25,27). The second-order valence-corrected chi connectivity index (χ2v) is 7.59. The third-order valence-corrected chi connectivity index (χ3v) is 4.90. The van der Waals surface area contributed by atoms with Crippen molar-refractivity contribution in [2.45, 2.75) is 39.5 Å². The smallest absolute Gasteiger partial charge is 0.255 e. The van der Waals surface area contributed by atoms with Gasteiger partial charge in [-0.3, -0.25) is 4.79 Å². The summed E-state index contributed by atoms with van der Waals surface area (Å²) in [5, 5.41) is 6.26. The van der Waals surface area contributed by atoms with Crippen molar-refractivity contribution in [2.75, 3.05) is 35.2 Å². The lowest BCUT2D eigenvalue weighted by atomic mass is 10.1. The third kappa shape index (κ3) is 5.71. The molecule has 5 nitrogen and oxygen atoms in total. The molecule has 1 aliphatic heterocycles. The quantitative estimate of drug-likeness (QED) is 0.740. The van der Waals surface area contributed by atoms with E-state index < -0.39 is 0 Å². The maximum Gasteiger partial charge on any atom is 0.255 e. The van der Waals surface area contributed by atoms with Gasteiger partial charge in [0, 0.05) is 42.8 Å². The second kappa shape index (κ2) is 9.40. The van der Waals surface area contributed by atoms with Crippen LogP contribution in [-0.2, 0) is 0 Å². The molecule has 0 saturated carbocycles. The fourth-order valence-electron chi connectivity index (χ4n) is 3.27. The number of amides is 1. The molecule has 1 aromatic carbocycles. The fraction of sp³-hybridized carbons (Fsp3) is 0.455. The number of anilines is 3. The van der Waals surface area contributed by atoms with Gasteiger partial charge in [-0.25, -0.2) is 4.98 Å². The number of piperidine rings is 1. The Hall–Kier alpha value is -2.56. The highest BCUT2D eigenvalue weighted by Gasteiger charge is 2.12. The summed E-state index contributed by atoms with van der Waals surface area (Å²) in [4.78, 5) is 19.3. The fourth-order valence-corrected chi connectivity index (χ4v) is 3.27. The number of benzene rings is 1. The van der Waals surface area contributed by atoms with E-state index in [1.165, 1.54) is 24.9 Å². The molecule has 1 saturated heterocycles. The zero-order valence-electron chi connectivity index (χ0n) is 16.4. The summed E-state index contributed by atoms with van der Waals surface area (Å²) in [6.07, 6.45) is 6.58. The summed E-state index contributed by atoms with van der Waals surface area (Å²) in [5.74, 6) is 1.26.